The van der Waals surface area contributed by atoms with E-state index in [1.165, 1.54) is 18.3 Å². The van der Waals surface area contributed by atoms with E-state index in [4.69, 9.17) is 10.2 Å². The van der Waals surface area contributed by atoms with Crippen LogP contribution in [0.15, 0.2) is 23.1 Å². The van der Waals surface area contributed by atoms with E-state index in [9.17, 15) is 4.79 Å². The van der Waals surface area contributed by atoms with Crippen molar-refractivity contribution in [2.75, 3.05) is 6.61 Å². The quantitative estimate of drug-likeness (QED) is 0.584. The summed E-state index contributed by atoms with van der Waals surface area (Å²) >= 11 is 0. The number of aliphatic hydroxyl groups is 1. The van der Waals surface area contributed by atoms with Crippen molar-refractivity contribution in [2.24, 2.45) is 0 Å². The third kappa shape index (κ3) is 1.96. The number of nitrogens with one attached hydrogen (secondary N) is 1. The maximum absolute atomic E-state index is 10.7. The van der Waals surface area contributed by atoms with E-state index in [0.717, 1.165) is 0 Å². The fraction of sp³-hybridized carbons (Fsp3) is 0.125. The van der Waals surface area contributed by atoms with Crippen LogP contribution < -0.4 is 5.56 Å². The largest absolute Gasteiger partial charge is 0.503 e. The lowest BCUT2D eigenvalue weighted by Crippen LogP contribution is -2.03. The van der Waals surface area contributed by atoms with Gasteiger partial charge in [-0.2, -0.15) is 0 Å². The van der Waals surface area contributed by atoms with Gasteiger partial charge in [0.25, 0.3) is 5.56 Å². The van der Waals surface area contributed by atoms with Gasteiger partial charge in [-0.15, -0.1) is 0 Å². The van der Waals surface area contributed by atoms with Crippen molar-refractivity contribution in [1.82, 2.24) is 4.98 Å². The predicted molar refractivity (Wildman–Crippen MR) is 44.8 cm³/mol. The smallest absolute Gasteiger partial charge is 0.290 e. The summed E-state index contributed by atoms with van der Waals surface area (Å²) in [5.74, 6) is -0.324. The van der Waals surface area contributed by atoms with Crippen molar-refractivity contribution in [2.45, 2.75) is 0 Å². The number of pyridine rings is 1. The lowest BCUT2D eigenvalue weighted by molar-refractivity contribution is 0.343. The van der Waals surface area contributed by atoms with Gasteiger partial charge in [0.1, 0.15) is 0 Å². The first-order valence-electron chi connectivity index (χ1n) is 3.43. The molecule has 0 saturated carbocycles. The van der Waals surface area contributed by atoms with Gasteiger partial charge in [0.15, 0.2) is 5.75 Å². The molecule has 0 atom stereocenters. The molecule has 3 N–H and O–H groups in total. The molecule has 64 valence electrons. The van der Waals surface area contributed by atoms with Gasteiger partial charge >= 0.3 is 0 Å². The number of hydrogen-bond acceptors (Lipinski definition) is 3. The lowest BCUT2D eigenvalue weighted by Gasteiger charge is -1.93. The number of aromatic hydroxyl groups is 1. The highest BCUT2D eigenvalue weighted by Gasteiger charge is 1.94. The molecule has 0 unspecified atom stereocenters. The standard InChI is InChI=1S/C8H9NO3/c10-3-1-2-6-4-7(11)8(12)9-5-6/h1-2,4-5,10-11H,3H2,(H,9,12). The third-order valence-electron chi connectivity index (χ3n) is 1.32. The van der Waals surface area contributed by atoms with Gasteiger partial charge in [-0.05, 0) is 11.6 Å². The second-order valence-corrected chi connectivity index (χ2v) is 2.23. The summed E-state index contributed by atoms with van der Waals surface area (Å²) in [5, 5.41) is 17.4. The van der Waals surface area contributed by atoms with Gasteiger partial charge in [-0.25, -0.2) is 0 Å². The normalized spacial score (nSPS) is 10.8. The lowest BCUT2D eigenvalue weighted by atomic mass is 10.2. The van der Waals surface area contributed by atoms with Crippen molar-refractivity contribution in [3.8, 4) is 5.75 Å². The molecule has 4 heteroatoms. The summed E-state index contributed by atoms with van der Waals surface area (Å²) in [4.78, 5) is 13.0. The molecule has 0 bridgehead atoms. The molecule has 0 aromatic carbocycles. The summed E-state index contributed by atoms with van der Waals surface area (Å²) in [6, 6.07) is 1.32. The Morgan fingerprint density at radius 1 is 1.58 bits per heavy atom. The van der Waals surface area contributed by atoms with Crippen LogP contribution in [0.4, 0.5) is 0 Å². The molecule has 1 rings (SSSR count). The van der Waals surface area contributed by atoms with E-state index < -0.39 is 5.56 Å². The Bertz CT molecular complexity index is 340. The Balaban J connectivity index is 2.97. The first-order chi connectivity index (χ1) is 5.74. The van der Waals surface area contributed by atoms with E-state index in [-0.39, 0.29) is 12.4 Å². The number of aliphatic hydroxyl groups excluding tert-OH is 1. The van der Waals surface area contributed by atoms with Gasteiger partial charge in [0, 0.05) is 6.20 Å². The zero-order valence-electron chi connectivity index (χ0n) is 6.32. The Morgan fingerprint density at radius 3 is 2.92 bits per heavy atom. The van der Waals surface area contributed by atoms with Crippen LogP contribution in [0.25, 0.3) is 6.08 Å². The molecule has 12 heavy (non-hydrogen) atoms. The van der Waals surface area contributed by atoms with Crippen molar-refractivity contribution in [1.29, 1.82) is 0 Å². The van der Waals surface area contributed by atoms with Crippen LogP contribution in [0.5, 0.6) is 5.75 Å². The van der Waals surface area contributed by atoms with Gasteiger partial charge in [-0.1, -0.05) is 12.2 Å². The molecule has 0 aliphatic carbocycles. The van der Waals surface area contributed by atoms with E-state index in [2.05, 4.69) is 4.98 Å². The fourth-order valence-electron chi connectivity index (χ4n) is 0.773. The van der Waals surface area contributed by atoms with Gasteiger partial charge < -0.3 is 15.2 Å². The van der Waals surface area contributed by atoms with E-state index in [0.29, 0.717) is 5.56 Å². The molecule has 4 nitrogen and oxygen atoms in total. The average molecular weight is 167 g/mol. The maximum atomic E-state index is 10.7. The minimum atomic E-state index is -0.517. The summed E-state index contributed by atoms with van der Waals surface area (Å²) in [5.41, 5.74) is 0.122. The van der Waals surface area contributed by atoms with Crippen LogP contribution >= 0.6 is 0 Å². The molecule has 0 saturated heterocycles. The SMILES string of the molecule is O=c1[nH]cc(C=CCO)cc1O. The van der Waals surface area contributed by atoms with Gasteiger partial charge in [0.2, 0.25) is 0 Å². The third-order valence-corrected chi connectivity index (χ3v) is 1.32. The van der Waals surface area contributed by atoms with Crippen LogP contribution in [0, 0.1) is 0 Å². The van der Waals surface area contributed by atoms with E-state index >= 15 is 0 Å². The number of aromatic amines is 1. The number of rotatable bonds is 2. The number of hydrogen-bond donors (Lipinski definition) is 3. The summed E-state index contributed by atoms with van der Waals surface area (Å²) in [7, 11) is 0. The summed E-state index contributed by atoms with van der Waals surface area (Å²) in [6.45, 7) is -0.0696. The monoisotopic (exact) mass is 167 g/mol. The fourth-order valence-corrected chi connectivity index (χ4v) is 0.773. The minimum Gasteiger partial charge on any atom is -0.503 e. The zero-order valence-corrected chi connectivity index (χ0v) is 6.32. The van der Waals surface area contributed by atoms with Crippen molar-refractivity contribution < 1.29 is 10.2 Å². The molecule has 1 aromatic rings. The maximum Gasteiger partial charge on any atom is 0.290 e. The Hall–Kier alpha value is -1.55. The van der Waals surface area contributed by atoms with Crippen molar-refractivity contribution in [3.63, 3.8) is 0 Å². The molecule has 0 aliphatic heterocycles. The molecule has 0 amide bonds. The Kier molecular flexibility index (Phi) is 2.66. The average Bonchev–Trinajstić information content (AvgIpc) is 2.07. The predicted octanol–water partition coefficient (Wildman–Crippen LogP) is 0.0860. The first kappa shape index (κ1) is 8.55. The number of H-pyrrole nitrogens is 1. The van der Waals surface area contributed by atoms with Gasteiger partial charge in [-0.3, -0.25) is 4.79 Å². The van der Waals surface area contributed by atoms with Crippen LogP contribution in [0.1, 0.15) is 5.56 Å². The molecule has 0 fully saturated rings. The highest BCUT2D eigenvalue weighted by atomic mass is 16.3. The molecule has 1 aromatic heterocycles. The highest BCUT2D eigenvalue weighted by molar-refractivity contribution is 5.49. The Morgan fingerprint density at radius 2 is 2.33 bits per heavy atom. The van der Waals surface area contributed by atoms with Crippen molar-refractivity contribution >= 4 is 6.08 Å². The topological polar surface area (TPSA) is 73.3 Å². The second kappa shape index (κ2) is 3.73. The van der Waals surface area contributed by atoms with Crippen LogP contribution in [-0.4, -0.2) is 21.8 Å². The van der Waals surface area contributed by atoms with Crippen LogP contribution in [0.3, 0.4) is 0 Å². The van der Waals surface area contributed by atoms with Crippen LogP contribution in [-0.2, 0) is 0 Å². The zero-order chi connectivity index (χ0) is 8.97. The van der Waals surface area contributed by atoms with Crippen LogP contribution in [0.2, 0.25) is 0 Å². The Labute approximate surface area is 68.8 Å². The van der Waals surface area contributed by atoms with E-state index in [1.54, 1.807) is 6.08 Å². The van der Waals surface area contributed by atoms with E-state index in [1.807, 2.05) is 0 Å². The number of aromatic nitrogens is 1. The summed E-state index contributed by atoms with van der Waals surface area (Å²) < 4.78 is 0. The van der Waals surface area contributed by atoms with Crippen molar-refractivity contribution in [3.05, 3.63) is 34.3 Å². The molecule has 0 spiro atoms. The first-order valence-corrected chi connectivity index (χ1v) is 3.43. The minimum absolute atomic E-state index is 0.0696. The van der Waals surface area contributed by atoms with Gasteiger partial charge in [0.05, 0.1) is 6.61 Å². The molecule has 0 aliphatic rings. The molecular formula is C8H9NO3. The highest BCUT2D eigenvalue weighted by Crippen LogP contribution is 2.04. The summed E-state index contributed by atoms with van der Waals surface area (Å²) in [6.07, 6.45) is 4.55. The molecule has 0 radical (unpaired) electrons. The molecular weight excluding hydrogens is 158 g/mol. The molecule has 1 heterocycles. The second-order valence-electron chi connectivity index (χ2n) is 2.23.